The lowest BCUT2D eigenvalue weighted by atomic mass is 10.0. The first kappa shape index (κ1) is 41.4. The highest BCUT2D eigenvalue weighted by atomic mass is 35.5. The van der Waals surface area contributed by atoms with E-state index in [0.29, 0.717) is 45.1 Å². The van der Waals surface area contributed by atoms with E-state index in [2.05, 4.69) is 0 Å². The fourth-order valence-corrected chi connectivity index (χ4v) is 10.1. The van der Waals surface area contributed by atoms with Crippen molar-refractivity contribution in [2.75, 3.05) is 6.61 Å². The van der Waals surface area contributed by atoms with Crippen LogP contribution in [0, 0.1) is 11.6 Å². The van der Waals surface area contributed by atoms with Crippen LogP contribution in [0.3, 0.4) is 0 Å². The highest BCUT2D eigenvalue weighted by molar-refractivity contribution is 7.20. The summed E-state index contributed by atoms with van der Waals surface area (Å²) in [5.74, 6) is -2.04. The Morgan fingerprint density at radius 2 is 1.07 bits per heavy atom. The van der Waals surface area contributed by atoms with Crippen LogP contribution in [0.1, 0.15) is 48.5 Å². The number of carboxylic acids is 1. The first-order chi connectivity index (χ1) is 27.8. The molecule has 0 spiro atoms. The van der Waals surface area contributed by atoms with E-state index >= 15 is 0 Å². The number of carbonyl (C=O) groups is 2. The summed E-state index contributed by atoms with van der Waals surface area (Å²) in [7, 11) is 0. The monoisotopic (exact) mass is 888 g/mol. The summed E-state index contributed by atoms with van der Waals surface area (Å²) in [6.45, 7) is 2.11. The predicted molar refractivity (Wildman–Crippen MR) is 236 cm³/mol. The molecule has 6 aromatic carbocycles. The van der Waals surface area contributed by atoms with E-state index in [1.807, 2.05) is 60.7 Å². The van der Waals surface area contributed by atoms with Gasteiger partial charge in [-0.1, -0.05) is 82.8 Å². The Morgan fingerprint density at radius 1 is 0.603 bits per heavy atom. The summed E-state index contributed by atoms with van der Waals surface area (Å²) in [4.78, 5) is 25.5. The van der Waals surface area contributed by atoms with Crippen LogP contribution in [0.15, 0.2) is 121 Å². The molecule has 0 saturated heterocycles. The third-order valence-corrected chi connectivity index (χ3v) is 12.5. The van der Waals surface area contributed by atoms with E-state index in [9.17, 15) is 23.5 Å². The van der Waals surface area contributed by atoms with Gasteiger partial charge in [-0.05, 0) is 125 Å². The first-order valence-electron chi connectivity index (χ1n) is 17.8. The molecule has 12 heteroatoms. The van der Waals surface area contributed by atoms with Gasteiger partial charge in [-0.15, -0.1) is 22.7 Å². The first-order valence-corrected chi connectivity index (χ1v) is 20.9. The second-order valence-electron chi connectivity index (χ2n) is 13.2. The number of fused-ring (bicyclic) bond motifs is 2. The number of ether oxygens (including phenoxy) is 1. The fourth-order valence-electron chi connectivity index (χ4n) is 6.59. The van der Waals surface area contributed by atoms with Crippen LogP contribution in [0.4, 0.5) is 8.78 Å². The summed E-state index contributed by atoms with van der Waals surface area (Å²) in [5.41, 5.74) is 5.92. The predicted octanol–water partition coefficient (Wildman–Crippen LogP) is 15.1. The number of aromatic carboxylic acids is 1. The zero-order valence-electron chi connectivity index (χ0n) is 30.4. The van der Waals surface area contributed by atoms with Gasteiger partial charge in [0.05, 0.1) is 17.7 Å². The molecule has 8 rings (SSSR count). The van der Waals surface area contributed by atoms with E-state index in [1.165, 1.54) is 24.3 Å². The molecule has 0 bridgehead atoms. The molecule has 4 nitrogen and oxygen atoms in total. The van der Waals surface area contributed by atoms with Crippen molar-refractivity contribution in [1.29, 1.82) is 0 Å². The van der Waals surface area contributed by atoms with Gasteiger partial charge in [0.1, 0.15) is 11.6 Å². The lowest BCUT2D eigenvalue weighted by Crippen LogP contribution is -2.04. The highest BCUT2D eigenvalue weighted by Crippen LogP contribution is 2.41. The Bertz CT molecular complexity index is 2810. The largest absolute Gasteiger partial charge is 0.478 e. The average Bonchev–Trinajstić information content (AvgIpc) is 3.80. The molecule has 0 amide bonds. The van der Waals surface area contributed by atoms with Crippen molar-refractivity contribution < 1.29 is 28.2 Å². The second-order valence-corrected chi connectivity index (χ2v) is 17.2. The minimum Gasteiger partial charge on any atom is -0.478 e. The minimum atomic E-state index is -0.970. The number of carbonyl (C=O) groups excluding carboxylic acids is 1. The maximum absolute atomic E-state index is 13.7. The third kappa shape index (κ3) is 9.56. The lowest BCUT2D eigenvalue weighted by molar-refractivity contribution is 0.0525. The van der Waals surface area contributed by atoms with E-state index in [4.69, 9.17) is 51.1 Å². The van der Waals surface area contributed by atoms with Gasteiger partial charge >= 0.3 is 11.9 Å². The highest BCUT2D eigenvalue weighted by Gasteiger charge is 2.16. The summed E-state index contributed by atoms with van der Waals surface area (Å²) in [5, 5.41) is 13.1. The van der Waals surface area contributed by atoms with Crippen LogP contribution in [-0.2, 0) is 17.6 Å². The Kier molecular flexibility index (Phi) is 12.8. The van der Waals surface area contributed by atoms with Crippen LogP contribution in [0.25, 0.3) is 42.4 Å². The molecule has 0 saturated carbocycles. The maximum atomic E-state index is 13.7. The van der Waals surface area contributed by atoms with Crippen molar-refractivity contribution in [3.8, 4) is 22.3 Å². The van der Waals surface area contributed by atoms with Gasteiger partial charge in [0.15, 0.2) is 0 Å². The number of thiophene rings is 2. The Hall–Kier alpha value is -4.80. The van der Waals surface area contributed by atoms with Gasteiger partial charge in [-0.25, -0.2) is 18.4 Å². The second kappa shape index (κ2) is 18.0. The maximum Gasteiger partial charge on any atom is 0.338 e. The number of carboxylic acid groups (broad SMARTS) is 1. The van der Waals surface area contributed by atoms with E-state index in [-0.39, 0.29) is 23.2 Å². The lowest BCUT2D eigenvalue weighted by Gasteiger charge is -2.07. The van der Waals surface area contributed by atoms with E-state index in [1.54, 1.807) is 66.0 Å². The molecule has 0 fully saturated rings. The van der Waals surface area contributed by atoms with Crippen LogP contribution in [-0.4, -0.2) is 23.7 Å². The van der Waals surface area contributed by atoms with Crippen LogP contribution in [0.5, 0.6) is 0 Å². The summed E-state index contributed by atoms with van der Waals surface area (Å²) in [6, 6.07) is 34.7. The molecule has 2 aromatic heterocycles. The van der Waals surface area contributed by atoms with Crippen LogP contribution >= 0.6 is 69.1 Å². The topological polar surface area (TPSA) is 63.6 Å². The summed E-state index contributed by atoms with van der Waals surface area (Å²) >= 11 is 28.0. The van der Waals surface area contributed by atoms with Gasteiger partial charge in [-0.2, -0.15) is 0 Å². The third-order valence-electron chi connectivity index (χ3n) is 9.07. The molecule has 0 unspecified atom stereocenters. The molecule has 0 aliphatic heterocycles. The van der Waals surface area contributed by atoms with Crippen molar-refractivity contribution in [2.45, 2.75) is 19.8 Å². The Morgan fingerprint density at radius 3 is 1.52 bits per heavy atom. The van der Waals surface area contributed by atoms with Gasteiger partial charge in [0, 0.05) is 62.9 Å². The van der Waals surface area contributed by atoms with Crippen molar-refractivity contribution in [3.05, 3.63) is 185 Å². The van der Waals surface area contributed by atoms with Crippen LogP contribution < -0.4 is 0 Å². The minimum absolute atomic E-state index is 0.229. The van der Waals surface area contributed by atoms with Gasteiger partial charge in [0.25, 0.3) is 0 Å². The molecule has 292 valence electrons. The molecule has 0 aliphatic rings. The molecular weight excluding hydrogens is 860 g/mol. The summed E-state index contributed by atoms with van der Waals surface area (Å²) in [6.07, 6.45) is 1.08. The van der Waals surface area contributed by atoms with E-state index in [0.717, 1.165) is 63.3 Å². The van der Waals surface area contributed by atoms with Crippen molar-refractivity contribution >= 4 is 101 Å². The van der Waals surface area contributed by atoms with Gasteiger partial charge in [0.2, 0.25) is 0 Å². The molecule has 1 N–H and O–H groups in total. The number of hydrogen-bond donors (Lipinski definition) is 1. The van der Waals surface area contributed by atoms with Gasteiger partial charge in [-0.3, -0.25) is 0 Å². The quantitative estimate of drug-likeness (QED) is 0.147. The SMILES string of the molecule is CCOC(=O)c1cccc(-c2ccc(Cl)c3cc(Cc4cc(F)cc(Cl)c4)sc23)c1.O=C(O)c1cccc(-c2ccc(Cl)c3cc(Cc4cc(F)cc(Cl)c4)sc23)c1. The fraction of sp³-hybridized carbons (Fsp3) is 0.0870. The van der Waals surface area contributed by atoms with Crippen molar-refractivity contribution in [3.63, 3.8) is 0 Å². The zero-order chi connectivity index (χ0) is 41.1. The number of hydrogen-bond acceptors (Lipinski definition) is 5. The molecule has 0 aliphatic carbocycles. The number of benzene rings is 6. The van der Waals surface area contributed by atoms with Crippen LogP contribution in [0.2, 0.25) is 20.1 Å². The molecule has 8 aromatic rings. The normalized spacial score (nSPS) is 11.1. The van der Waals surface area contributed by atoms with Crippen molar-refractivity contribution in [2.24, 2.45) is 0 Å². The summed E-state index contributed by atoms with van der Waals surface area (Å²) < 4.78 is 34.4. The molecule has 58 heavy (non-hydrogen) atoms. The zero-order valence-corrected chi connectivity index (χ0v) is 35.1. The Labute approximate surface area is 360 Å². The Balaban J connectivity index is 0.000000177. The number of esters is 1. The molecule has 0 atom stereocenters. The number of rotatable bonds is 9. The van der Waals surface area contributed by atoms with Gasteiger partial charge < -0.3 is 9.84 Å². The van der Waals surface area contributed by atoms with E-state index < -0.39 is 5.97 Å². The standard InChI is InChI=1S/C24H17Cl2FO2S.C22H13Cl2FO2S/c1-2-29-24(28)16-5-3-4-15(11-16)20-6-7-22(26)21-13-19(30-23(20)21)10-14-8-17(25)12-18(27)9-14;23-15-6-12(7-16(25)10-15)8-17-11-19-20(24)5-4-18(21(19)28-17)13-2-1-3-14(9-13)22(26)27/h3-9,11-13H,2,10H2,1H3;1-7,9-11H,8H2,(H,26,27). The number of halogens is 6. The molecular formula is C46H30Cl4F2O4S2. The molecule has 0 radical (unpaired) electrons. The van der Waals surface area contributed by atoms with Crippen molar-refractivity contribution in [1.82, 2.24) is 0 Å². The molecule has 2 heterocycles. The smallest absolute Gasteiger partial charge is 0.338 e. The average molecular weight is 891 g/mol.